The molecular formula is C6H6O2S. The number of carbonyl (C=O) groups is 1. The van der Waals surface area contributed by atoms with Crippen LogP contribution < -0.4 is 0 Å². The van der Waals surface area contributed by atoms with Crippen LogP contribution in [0.5, 0.6) is 0 Å². The van der Waals surface area contributed by atoms with Gasteiger partial charge in [0, 0.05) is 10.9 Å². The van der Waals surface area contributed by atoms with E-state index in [0.717, 1.165) is 0 Å². The summed E-state index contributed by atoms with van der Waals surface area (Å²) in [5, 5.41) is 11.9. The summed E-state index contributed by atoms with van der Waals surface area (Å²) in [6.07, 6.45) is 0. The minimum Gasteiger partial charge on any atom is -0.388 e. The molecule has 0 aliphatic heterocycles. The van der Waals surface area contributed by atoms with Gasteiger partial charge in [0.05, 0.1) is 0 Å². The highest BCUT2D eigenvalue weighted by Gasteiger charge is 2.01. The molecule has 1 heterocycles. The normalized spacial score (nSPS) is 9.44. The van der Waals surface area contributed by atoms with Gasteiger partial charge in [-0.05, 0) is 11.4 Å². The lowest BCUT2D eigenvalue weighted by Crippen LogP contribution is -2.01. The molecule has 0 aliphatic carbocycles. The molecule has 0 aromatic carbocycles. The molecule has 48 valence electrons. The second kappa shape index (κ2) is 2.75. The van der Waals surface area contributed by atoms with E-state index in [2.05, 4.69) is 0 Å². The molecule has 1 rings (SSSR count). The maximum atomic E-state index is 10.6. The molecule has 9 heavy (non-hydrogen) atoms. The Kier molecular flexibility index (Phi) is 1.97. The second-order valence-corrected chi connectivity index (χ2v) is 2.37. The van der Waals surface area contributed by atoms with Gasteiger partial charge in [0.25, 0.3) is 0 Å². The summed E-state index contributed by atoms with van der Waals surface area (Å²) in [5.41, 5.74) is 0.600. The van der Waals surface area contributed by atoms with Gasteiger partial charge in [-0.1, -0.05) is 0 Å². The molecule has 0 saturated carbocycles. The van der Waals surface area contributed by atoms with E-state index < -0.39 is 6.61 Å². The van der Waals surface area contributed by atoms with Crippen LogP contribution in [0.3, 0.4) is 0 Å². The number of rotatable bonds is 2. The quantitative estimate of drug-likeness (QED) is 0.623. The molecule has 0 unspecified atom stereocenters. The predicted molar refractivity (Wildman–Crippen MR) is 35.7 cm³/mol. The zero-order chi connectivity index (χ0) is 6.69. The van der Waals surface area contributed by atoms with Crippen LogP contribution in [-0.2, 0) is 0 Å². The van der Waals surface area contributed by atoms with Gasteiger partial charge in [-0.2, -0.15) is 11.3 Å². The number of hydrogen-bond acceptors (Lipinski definition) is 3. The molecule has 2 nitrogen and oxygen atoms in total. The summed E-state index contributed by atoms with van der Waals surface area (Å²) in [5.74, 6) is -0.212. The minimum absolute atomic E-state index is 0.212. The van der Waals surface area contributed by atoms with Crippen LogP contribution in [-0.4, -0.2) is 17.5 Å². The van der Waals surface area contributed by atoms with Crippen LogP contribution in [0.4, 0.5) is 0 Å². The summed E-state index contributed by atoms with van der Waals surface area (Å²) in [7, 11) is 0. The topological polar surface area (TPSA) is 37.3 Å². The van der Waals surface area contributed by atoms with Gasteiger partial charge in [0.2, 0.25) is 0 Å². The second-order valence-electron chi connectivity index (χ2n) is 1.59. The SMILES string of the molecule is O=C(CO)c1ccsc1. The molecule has 0 radical (unpaired) electrons. The molecule has 3 heteroatoms. The van der Waals surface area contributed by atoms with Gasteiger partial charge >= 0.3 is 0 Å². The third-order valence-electron chi connectivity index (χ3n) is 0.987. The molecule has 0 atom stereocenters. The van der Waals surface area contributed by atoms with Crippen molar-refractivity contribution < 1.29 is 9.90 Å². The van der Waals surface area contributed by atoms with E-state index in [0.29, 0.717) is 5.56 Å². The highest BCUT2D eigenvalue weighted by atomic mass is 32.1. The highest BCUT2D eigenvalue weighted by molar-refractivity contribution is 7.08. The van der Waals surface area contributed by atoms with Crippen molar-refractivity contribution >= 4 is 17.1 Å². The molecule has 0 fully saturated rings. The molecule has 1 aromatic rings. The van der Waals surface area contributed by atoms with E-state index in [1.54, 1.807) is 11.4 Å². The molecular weight excluding hydrogens is 136 g/mol. The van der Waals surface area contributed by atoms with Crippen LogP contribution in [0.25, 0.3) is 0 Å². The van der Waals surface area contributed by atoms with Crippen molar-refractivity contribution in [1.82, 2.24) is 0 Å². The van der Waals surface area contributed by atoms with Crippen LogP contribution >= 0.6 is 11.3 Å². The van der Waals surface area contributed by atoms with Crippen molar-refractivity contribution in [3.05, 3.63) is 22.4 Å². The van der Waals surface area contributed by atoms with E-state index in [9.17, 15) is 4.79 Å². The molecule has 0 saturated heterocycles. The zero-order valence-electron chi connectivity index (χ0n) is 4.70. The smallest absolute Gasteiger partial charge is 0.189 e. The molecule has 0 bridgehead atoms. The first kappa shape index (κ1) is 6.45. The lowest BCUT2D eigenvalue weighted by Gasteiger charge is -1.86. The van der Waals surface area contributed by atoms with E-state index in [1.807, 2.05) is 5.38 Å². The van der Waals surface area contributed by atoms with Crippen LogP contribution in [0.2, 0.25) is 0 Å². The van der Waals surface area contributed by atoms with Crippen LogP contribution in [0, 0.1) is 0 Å². The van der Waals surface area contributed by atoms with Crippen molar-refractivity contribution in [2.45, 2.75) is 0 Å². The third kappa shape index (κ3) is 1.37. The summed E-state index contributed by atoms with van der Waals surface area (Å²) in [6.45, 7) is -0.392. The van der Waals surface area contributed by atoms with Gasteiger partial charge in [-0.3, -0.25) is 4.79 Å². The number of aliphatic hydroxyl groups excluding tert-OH is 1. The number of carbonyl (C=O) groups excluding carboxylic acids is 1. The first-order valence-corrected chi connectivity index (χ1v) is 3.45. The number of Topliss-reactive ketones (excluding diaryl/α,β-unsaturated/α-hetero) is 1. The average molecular weight is 142 g/mol. The fourth-order valence-corrected chi connectivity index (χ4v) is 1.17. The maximum Gasteiger partial charge on any atom is 0.189 e. The van der Waals surface area contributed by atoms with Crippen molar-refractivity contribution in [3.8, 4) is 0 Å². The van der Waals surface area contributed by atoms with Crippen LogP contribution in [0.15, 0.2) is 16.8 Å². The molecule has 1 N–H and O–H groups in total. The van der Waals surface area contributed by atoms with Gasteiger partial charge < -0.3 is 5.11 Å². The van der Waals surface area contributed by atoms with E-state index in [1.165, 1.54) is 11.3 Å². The highest BCUT2D eigenvalue weighted by Crippen LogP contribution is 2.05. The Bertz CT molecular complexity index is 191. The fourth-order valence-electron chi connectivity index (χ4n) is 0.514. The summed E-state index contributed by atoms with van der Waals surface area (Å²) >= 11 is 1.45. The average Bonchev–Trinajstić information content (AvgIpc) is 2.37. The standard InChI is InChI=1S/C6H6O2S/c7-3-6(8)5-1-2-9-4-5/h1-2,4,7H,3H2. The van der Waals surface area contributed by atoms with Gasteiger partial charge in [0.15, 0.2) is 5.78 Å². The molecule has 1 aromatic heterocycles. The first-order chi connectivity index (χ1) is 4.34. The lowest BCUT2D eigenvalue weighted by molar-refractivity contribution is 0.0904. The van der Waals surface area contributed by atoms with Crippen molar-refractivity contribution in [3.63, 3.8) is 0 Å². The Morgan fingerprint density at radius 1 is 1.78 bits per heavy atom. The van der Waals surface area contributed by atoms with Crippen molar-refractivity contribution in [1.29, 1.82) is 0 Å². The number of thiophene rings is 1. The minimum atomic E-state index is -0.392. The number of aliphatic hydroxyl groups is 1. The summed E-state index contributed by atoms with van der Waals surface area (Å²) < 4.78 is 0. The van der Waals surface area contributed by atoms with E-state index in [-0.39, 0.29) is 5.78 Å². The largest absolute Gasteiger partial charge is 0.388 e. The fraction of sp³-hybridized carbons (Fsp3) is 0.167. The first-order valence-electron chi connectivity index (χ1n) is 2.51. The summed E-state index contributed by atoms with van der Waals surface area (Å²) in [6, 6.07) is 1.70. The summed E-state index contributed by atoms with van der Waals surface area (Å²) in [4.78, 5) is 10.6. The van der Waals surface area contributed by atoms with Gasteiger partial charge in [0.1, 0.15) is 6.61 Å². The number of hydrogen-bond donors (Lipinski definition) is 1. The molecule has 0 aliphatic rings. The molecule has 0 amide bonds. The Morgan fingerprint density at radius 2 is 2.56 bits per heavy atom. The van der Waals surface area contributed by atoms with Crippen molar-refractivity contribution in [2.24, 2.45) is 0 Å². The van der Waals surface area contributed by atoms with E-state index >= 15 is 0 Å². The Hall–Kier alpha value is -0.670. The predicted octanol–water partition coefficient (Wildman–Crippen LogP) is 0.923. The Labute approximate surface area is 56.8 Å². The Morgan fingerprint density at radius 3 is 3.00 bits per heavy atom. The molecule has 0 spiro atoms. The monoisotopic (exact) mass is 142 g/mol. The van der Waals surface area contributed by atoms with Gasteiger partial charge in [-0.15, -0.1) is 0 Å². The van der Waals surface area contributed by atoms with E-state index in [4.69, 9.17) is 5.11 Å². The van der Waals surface area contributed by atoms with Crippen LogP contribution in [0.1, 0.15) is 10.4 Å². The Balaban J connectivity index is 2.77. The maximum absolute atomic E-state index is 10.6. The third-order valence-corrected chi connectivity index (χ3v) is 1.67. The zero-order valence-corrected chi connectivity index (χ0v) is 5.52. The van der Waals surface area contributed by atoms with Gasteiger partial charge in [-0.25, -0.2) is 0 Å². The number of ketones is 1. The lowest BCUT2D eigenvalue weighted by atomic mass is 10.2. The van der Waals surface area contributed by atoms with Crippen molar-refractivity contribution in [2.75, 3.05) is 6.61 Å².